The predicted molar refractivity (Wildman–Crippen MR) is 88.9 cm³/mol. The number of pyridine rings is 1. The lowest BCUT2D eigenvalue weighted by Gasteiger charge is -2.37. The summed E-state index contributed by atoms with van der Waals surface area (Å²) >= 11 is 0. The smallest absolute Gasteiger partial charge is 0.227 e. The highest BCUT2D eigenvalue weighted by atomic mass is 16.2. The van der Waals surface area contributed by atoms with Gasteiger partial charge in [0.2, 0.25) is 5.91 Å². The molecule has 2 atom stereocenters. The quantitative estimate of drug-likeness (QED) is 0.861. The zero-order valence-corrected chi connectivity index (χ0v) is 13.7. The molecule has 1 aliphatic heterocycles. The van der Waals surface area contributed by atoms with Crippen LogP contribution in [0, 0.1) is 5.92 Å². The molecule has 1 saturated heterocycles. The van der Waals surface area contributed by atoms with E-state index in [-0.39, 0.29) is 17.9 Å². The summed E-state index contributed by atoms with van der Waals surface area (Å²) in [6.45, 7) is 0.799. The molecular weight excluding hydrogens is 288 g/mol. The van der Waals surface area contributed by atoms with Gasteiger partial charge in [-0.3, -0.25) is 14.6 Å². The summed E-state index contributed by atoms with van der Waals surface area (Å²) in [4.78, 5) is 31.4. The monoisotopic (exact) mass is 314 g/mol. The van der Waals surface area contributed by atoms with Gasteiger partial charge >= 0.3 is 0 Å². The molecule has 23 heavy (non-hydrogen) atoms. The Morgan fingerprint density at radius 1 is 1.17 bits per heavy atom. The van der Waals surface area contributed by atoms with E-state index in [4.69, 9.17) is 0 Å². The molecule has 1 aliphatic carbocycles. The lowest BCUT2D eigenvalue weighted by atomic mass is 9.80. The molecule has 0 bridgehead atoms. The number of likely N-dealkylation sites (tertiary alicyclic amines) is 1. The van der Waals surface area contributed by atoms with Crippen LogP contribution in [-0.2, 0) is 16.0 Å². The summed E-state index contributed by atoms with van der Waals surface area (Å²) in [5, 5.41) is 0. The predicted octanol–water partition coefficient (Wildman–Crippen LogP) is 3.15. The van der Waals surface area contributed by atoms with Crippen molar-refractivity contribution in [1.82, 2.24) is 9.88 Å². The lowest BCUT2D eigenvalue weighted by molar-refractivity contribution is -0.137. The molecule has 2 heterocycles. The Kier molecular flexibility index (Phi) is 5.42. The molecule has 2 aliphatic rings. The van der Waals surface area contributed by atoms with Crippen LogP contribution >= 0.6 is 0 Å². The summed E-state index contributed by atoms with van der Waals surface area (Å²) in [7, 11) is 0. The standard InChI is InChI=1S/C19H26N2O2/c22-18-10-4-3-8-16(18)17-9-2-1-5-12-21(17)19(23)13-15-7-6-11-20-14-15/h6-7,11,14,16-17H,1-5,8-10,12-13H2. The number of ketones is 1. The van der Waals surface area contributed by atoms with Gasteiger partial charge in [0, 0.05) is 37.3 Å². The van der Waals surface area contributed by atoms with Crippen molar-refractivity contribution < 1.29 is 9.59 Å². The van der Waals surface area contributed by atoms with Crippen molar-refractivity contribution in [2.45, 2.75) is 63.8 Å². The minimum atomic E-state index is 0.0692. The van der Waals surface area contributed by atoms with E-state index in [0.717, 1.165) is 57.1 Å². The van der Waals surface area contributed by atoms with Gasteiger partial charge in [0.1, 0.15) is 5.78 Å². The average molecular weight is 314 g/mol. The fourth-order valence-electron chi connectivity index (χ4n) is 4.06. The first-order valence-electron chi connectivity index (χ1n) is 8.97. The molecule has 0 spiro atoms. The maximum Gasteiger partial charge on any atom is 0.227 e. The number of amides is 1. The molecule has 2 unspecified atom stereocenters. The molecule has 0 N–H and O–H groups in total. The molecule has 1 aromatic rings. The van der Waals surface area contributed by atoms with Crippen molar-refractivity contribution in [2.75, 3.05) is 6.54 Å². The molecule has 2 fully saturated rings. The maximum atomic E-state index is 12.9. The van der Waals surface area contributed by atoms with Crippen LogP contribution in [0.4, 0.5) is 0 Å². The minimum Gasteiger partial charge on any atom is -0.339 e. The van der Waals surface area contributed by atoms with Crippen molar-refractivity contribution in [3.8, 4) is 0 Å². The Labute approximate surface area is 138 Å². The number of carbonyl (C=O) groups excluding carboxylic acids is 2. The highest BCUT2D eigenvalue weighted by Crippen LogP contribution is 2.31. The summed E-state index contributed by atoms with van der Waals surface area (Å²) in [5.41, 5.74) is 0.954. The third-order valence-corrected chi connectivity index (χ3v) is 5.26. The second-order valence-electron chi connectivity index (χ2n) is 6.86. The maximum absolute atomic E-state index is 12.9. The highest BCUT2D eigenvalue weighted by Gasteiger charge is 2.36. The first-order valence-corrected chi connectivity index (χ1v) is 8.97. The van der Waals surface area contributed by atoms with Crippen molar-refractivity contribution in [3.05, 3.63) is 30.1 Å². The van der Waals surface area contributed by atoms with Gasteiger partial charge in [-0.25, -0.2) is 0 Å². The fourth-order valence-corrected chi connectivity index (χ4v) is 4.06. The van der Waals surface area contributed by atoms with E-state index >= 15 is 0 Å². The third-order valence-electron chi connectivity index (χ3n) is 5.26. The molecule has 3 rings (SSSR count). The average Bonchev–Trinajstić information content (AvgIpc) is 2.82. The first-order chi connectivity index (χ1) is 11.3. The number of carbonyl (C=O) groups is 2. The molecule has 4 nitrogen and oxygen atoms in total. The molecule has 1 amide bonds. The Bertz CT molecular complexity index is 544. The summed E-state index contributed by atoms with van der Waals surface area (Å²) in [6.07, 6.45) is 12.0. The minimum absolute atomic E-state index is 0.0692. The van der Waals surface area contributed by atoms with Crippen LogP contribution in [-0.4, -0.2) is 34.2 Å². The van der Waals surface area contributed by atoms with Gasteiger partial charge < -0.3 is 4.90 Å². The van der Waals surface area contributed by atoms with E-state index in [1.807, 2.05) is 17.0 Å². The van der Waals surface area contributed by atoms with E-state index in [2.05, 4.69) is 4.98 Å². The van der Waals surface area contributed by atoms with Gasteiger partial charge in [0.25, 0.3) is 0 Å². The number of rotatable bonds is 3. The number of Topliss-reactive ketones (excluding diaryl/α,β-unsaturated/α-hetero) is 1. The molecule has 124 valence electrons. The molecular formula is C19H26N2O2. The van der Waals surface area contributed by atoms with Crippen molar-refractivity contribution in [1.29, 1.82) is 0 Å². The second kappa shape index (κ2) is 7.71. The highest BCUT2D eigenvalue weighted by molar-refractivity contribution is 5.84. The van der Waals surface area contributed by atoms with Crippen LogP contribution in [0.5, 0.6) is 0 Å². The number of hydrogen-bond acceptors (Lipinski definition) is 3. The third kappa shape index (κ3) is 3.98. The largest absolute Gasteiger partial charge is 0.339 e. The molecule has 0 aromatic carbocycles. The van der Waals surface area contributed by atoms with Gasteiger partial charge in [-0.15, -0.1) is 0 Å². The zero-order valence-electron chi connectivity index (χ0n) is 13.7. The summed E-state index contributed by atoms with van der Waals surface area (Å²) in [6, 6.07) is 3.94. The fraction of sp³-hybridized carbons (Fsp3) is 0.632. The molecule has 1 aromatic heterocycles. The lowest BCUT2D eigenvalue weighted by Crippen LogP contribution is -2.47. The summed E-state index contributed by atoms with van der Waals surface area (Å²) in [5.74, 6) is 0.602. The van der Waals surface area contributed by atoms with Crippen LogP contribution < -0.4 is 0 Å². The Morgan fingerprint density at radius 3 is 2.83 bits per heavy atom. The van der Waals surface area contributed by atoms with Gasteiger partial charge in [0.05, 0.1) is 6.42 Å². The zero-order chi connectivity index (χ0) is 16.1. The van der Waals surface area contributed by atoms with Crippen LogP contribution in [0.2, 0.25) is 0 Å². The van der Waals surface area contributed by atoms with Gasteiger partial charge in [-0.05, 0) is 37.3 Å². The number of hydrogen-bond donors (Lipinski definition) is 0. The van der Waals surface area contributed by atoms with Gasteiger partial charge in [-0.2, -0.15) is 0 Å². The van der Waals surface area contributed by atoms with Crippen molar-refractivity contribution in [2.24, 2.45) is 5.92 Å². The van der Waals surface area contributed by atoms with E-state index in [9.17, 15) is 9.59 Å². The van der Waals surface area contributed by atoms with Crippen molar-refractivity contribution in [3.63, 3.8) is 0 Å². The van der Waals surface area contributed by atoms with Crippen LogP contribution in [0.3, 0.4) is 0 Å². The topological polar surface area (TPSA) is 50.3 Å². The number of nitrogens with zero attached hydrogens (tertiary/aromatic N) is 2. The molecule has 4 heteroatoms. The molecule has 1 saturated carbocycles. The molecule has 0 radical (unpaired) electrons. The Morgan fingerprint density at radius 2 is 2.04 bits per heavy atom. The van der Waals surface area contributed by atoms with Crippen LogP contribution in [0.1, 0.15) is 56.9 Å². The SMILES string of the molecule is O=C1CCCCC1C1CCCCCN1C(=O)Cc1cccnc1. The van der Waals surface area contributed by atoms with Crippen LogP contribution in [0.25, 0.3) is 0 Å². The van der Waals surface area contributed by atoms with E-state index in [0.29, 0.717) is 18.6 Å². The Balaban J connectivity index is 1.75. The second-order valence-corrected chi connectivity index (χ2v) is 6.86. The van der Waals surface area contributed by atoms with E-state index in [1.54, 1.807) is 12.4 Å². The Hall–Kier alpha value is -1.71. The normalized spacial score (nSPS) is 25.9. The first kappa shape index (κ1) is 16.2. The van der Waals surface area contributed by atoms with Gasteiger partial charge in [-0.1, -0.05) is 25.3 Å². The van der Waals surface area contributed by atoms with Crippen molar-refractivity contribution >= 4 is 11.7 Å². The summed E-state index contributed by atoms with van der Waals surface area (Å²) < 4.78 is 0. The number of aromatic nitrogens is 1. The van der Waals surface area contributed by atoms with E-state index in [1.165, 1.54) is 0 Å². The van der Waals surface area contributed by atoms with E-state index < -0.39 is 0 Å². The van der Waals surface area contributed by atoms with Gasteiger partial charge in [0.15, 0.2) is 0 Å². The van der Waals surface area contributed by atoms with Crippen LogP contribution in [0.15, 0.2) is 24.5 Å².